The summed E-state index contributed by atoms with van der Waals surface area (Å²) < 4.78 is 0. The van der Waals surface area contributed by atoms with Gasteiger partial charge in [-0.2, -0.15) is 0 Å². The lowest BCUT2D eigenvalue weighted by molar-refractivity contribution is -0.139. The first-order valence-corrected chi connectivity index (χ1v) is 9.55. The van der Waals surface area contributed by atoms with Gasteiger partial charge in [0.05, 0.1) is 24.1 Å². The number of hydrogen-bond acceptors (Lipinski definition) is 4. The smallest absolute Gasteiger partial charge is 0.227 e. The van der Waals surface area contributed by atoms with E-state index in [0.717, 1.165) is 16.8 Å². The lowest BCUT2D eigenvalue weighted by atomic mass is 9.77. The topological polar surface area (TPSA) is 76.0 Å². The number of benzene rings is 1. The largest absolute Gasteiger partial charge is 0.390 e. The van der Waals surface area contributed by atoms with Gasteiger partial charge in [0.1, 0.15) is 6.10 Å². The fourth-order valence-corrected chi connectivity index (χ4v) is 4.65. The number of fused-ring (bicyclic) bond motifs is 1. The summed E-state index contributed by atoms with van der Waals surface area (Å²) in [7, 11) is 1.72. The quantitative estimate of drug-likeness (QED) is 0.529. The van der Waals surface area contributed by atoms with Crippen LogP contribution in [0.4, 0.5) is 5.69 Å². The Morgan fingerprint density at radius 3 is 2.59 bits per heavy atom. The lowest BCUT2D eigenvalue weighted by Gasteiger charge is -2.42. The number of carbonyl (C=O) groups is 1. The number of amides is 1. The van der Waals surface area contributed by atoms with Crippen molar-refractivity contribution in [3.63, 3.8) is 0 Å². The molecule has 0 radical (unpaired) electrons. The molecule has 7 heteroatoms. The summed E-state index contributed by atoms with van der Waals surface area (Å²) in [5.41, 5.74) is 3.09. The number of aryl methyl sites for hydroxylation is 2. The van der Waals surface area contributed by atoms with Crippen LogP contribution in [0.3, 0.4) is 0 Å². The number of rotatable bonds is 4. The van der Waals surface area contributed by atoms with E-state index in [9.17, 15) is 15.0 Å². The number of aliphatic hydroxyl groups is 2. The van der Waals surface area contributed by atoms with Gasteiger partial charge in [-0.1, -0.05) is 12.1 Å². The van der Waals surface area contributed by atoms with Crippen molar-refractivity contribution in [2.24, 2.45) is 5.92 Å². The molecule has 3 N–H and O–H groups in total. The summed E-state index contributed by atoms with van der Waals surface area (Å²) in [4.78, 5) is 16.6. The highest BCUT2D eigenvalue weighted by Crippen LogP contribution is 2.37. The summed E-state index contributed by atoms with van der Waals surface area (Å²) in [6.07, 6.45) is -0.110. The van der Waals surface area contributed by atoms with E-state index in [1.54, 1.807) is 18.0 Å². The summed E-state index contributed by atoms with van der Waals surface area (Å²) >= 11 is 5.55. The van der Waals surface area contributed by atoms with E-state index in [-0.39, 0.29) is 18.4 Å². The fourth-order valence-electron chi connectivity index (χ4n) is 4.28. The van der Waals surface area contributed by atoms with Crippen LogP contribution in [0.1, 0.15) is 17.5 Å². The van der Waals surface area contributed by atoms with E-state index < -0.39 is 24.2 Å². The average Bonchev–Trinajstić information content (AvgIpc) is 2.94. The number of hydrogen-bond donors (Lipinski definition) is 3. The van der Waals surface area contributed by atoms with Crippen LogP contribution in [0.15, 0.2) is 30.9 Å². The molecule has 0 bridgehead atoms. The first-order chi connectivity index (χ1) is 12.7. The number of carbonyl (C=O) groups excluding carboxylic acids is 1. The zero-order chi connectivity index (χ0) is 19.9. The minimum Gasteiger partial charge on any atom is -0.390 e. The van der Waals surface area contributed by atoms with Gasteiger partial charge in [0.15, 0.2) is 5.11 Å². The zero-order valence-corrected chi connectivity index (χ0v) is 16.7. The monoisotopic (exact) mass is 389 g/mol. The Kier molecular flexibility index (Phi) is 5.55. The Bertz CT molecular complexity index is 749. The first kappa shape index (κ1) is 19.8. The van der Waals surface area contributed by atoms with E-state index in [2.05, 4.69) is 18.0 Å². The molecule has 5 atom stereocenters. The molecule has 1 heterocycles. The molecule has 2 fully saturated rings. The number of likely N-dealkylation sites (N-methyl/N-ethyl adjacent to an activating group) is 1. The van der Waals surface area contributed by atoms with Crippen molar-refractivity contribution in [3.8, 4) is 0 Å². The SMILES string of the molecule is C=CCN(C)C(=O)[C@@H]1C[C@@H](O)[C@H](O)[C@@H]2NC(=S)N(c3cc(C)cc(C)c3)[C@@H]21. The van der Waals surface area contributed by atoms with Gasteiger partial charge < -0.3 is 25.3 Å². The molecule has 27 heavy (non-hydrogen) atoms. The standard InChI is InChI=1S/C20H27N3O3S/c1-5-6-22(4)19(26)14-10-15(24)18(25)16-17(14)23(20(27)21-16)13-8-11(2)7-12(3)9-13/h5,7-9,14-18,24-25H,1,6,10H2,2-4H3,(H,21,27)/t14-,15-,16-,17-,18+/m1/s1. The molecule has 1 aliphatic carbocycles. The molecular weight excluding hydrogens is 362 g/mol. The Balaban J connectivity index is 2.03. The predicted octanol–water partition coefficient (Wildman–Crippen LogP) is 1.12. The molecule has 2 aliphatic rings. The molecule has 1 aromatic rings. The molecule has 146 valence electrons. The van der Waals surface area contributed by atoms with Gasteiger partial charge in [-0.25, -0.2) is 0 Å². The highest BCUT2D eigenvalue weighted by molar-refractivity contribution is 7.80. The van der Waals surface area contributed by atoms with E-state index in [1.807, 2.05) is 30.9 Å². The maximum Gasteiger partial charge on any atom is 0.227 e. The third-order valence-electron chi connectivity index (χ3n) is 5.43. The summed E-state index contributed by atoms with van der Waals surface area (Å²) in [5, 5.41) is 24.5. The minimum atomic E-state index is -0.988. The predicted molar refractivity (Wildman–Crippen MR) is 110 cm³/mol. The molecule has 1 saturated heterocycles. The molecule has 6 nitrogen and oxygen atoms in total. The van der Waals surface area contributed by atoms with E-state index in [0.29, 0.717) is 11.7 Å². The van der Waals surface area contributed by atoms with E-state index >= 15 is 0 Å². The molecular formula is C20H27N3O3S. The molecule has 0 aromatic heterocycles. The van der Waals surface area contributed by atoms with E-state index in [4.69, 9.17) is 12.2 Å². The second kappa shape index (κ2) is 7.58. The molecule has 1 aliphatic heterocycles. The number of thiocarbonyl (C=S) groups is 1. The Morgan fingerprint density at radius 2 is 2.00 bits per heavy atom. The summed E-state index contributed by atoms with van der Waals surface area (Å²) in [6, 6.07) is 5.25. The summed E-state index contributed by atoms with van der Waals surface area (Å²) in [6.45, 7) is 8.14. The van der Waals surface area contributed by atoms with Gasteiger partial charge >= 0.3 is 0 Å². The zero-order valence-electron chi connectivity index (χ0n) is 15.9. The number of nitrogens with zero attached hydrogens (tertiary/aromatic N) is 2. The van der Waals surface area contributed by atoms with Crippen molar-refractivity contribution in [3.05, 3.63) is 42.0 Å². The molecule has 0 spiro atoms. The van der Waals surface area contributed by atoms with Crippen LogP contribution >= 0.6 is 12.2 Å². The van der Waals surface area contributed by atoms with Crippen LogP contribution in [0.5, 0.6) is 0 Å². The van der Waals surface area contributed by atoms with Crippen LogP contribution in [0.25, 0.3) is 0 Å². The second-order valence-electron chi connectivity index (χ2n) is 7.59. The highest BCUT2D eigenvalue weighted by Gasteiger charge is 2.54. The minimum absolute atomic E-state index is 0.0864. The highest BCUT2D eigenvalue weighted by atomic mass is 32.1. The van der Waals surface area contributed by atoms with Crippen LogP contribution < -0.4 is 10.2 Å². The van der Waals surface area contributed by atoms with E-state index in [1.165, 1.54) is 0 Å². The van der Waals surface area contributed by atoms with Crippen LogP contribution in [0.2, 0.25) is 0 Å². The van der Waals surface area contributed by atoms with Gasteiger partial charge in [0, 0.05) is 19.3 Å². The maximum absolute atomic E-state index is 13.1. The third-order valence-corrected chi connectivity index (χ3v) is 5.74. The van der Waals surface area contributed by atoms with Crippen molar-refractivity contribution < 1.29 is 15.0 Å². The molecule has 3 rings (SSSR count). The van der Waals surface area contributed by atoms with Crippen LogP contribution in [0, 0.1) is 19.8 Å². The van der Waals surface area contributed by atoms with Gasteiger partial charge in [0.2, 0.25) is 5.91 Å². The van der Waals surface area contributed by atoms with Crippen molar-refractivity contribution in [1.82, 2.24) is 10.2 Å². The third kappa shape index (κ3) is 3.59. The van der Waals surface area contributed by atoms with Crippen molar-refractivity contribution in [1.29, 1.82) is 0 Å². The number of anilines is 1. The Labute approximate surface area is 165 Å². The number of nitrogens with one attached hydrogen (secondary N) is 1. The number of aliphatic hydroxyl groups excluding tert-OH is 2. The molecule has 0 unspecified atom stereocenters. The molecule has 1 saturated carbocycles. The fraction of sp³-hybridized carbons (Fsp3) is 0.500. The van der Waals surface area contributed by atoms with Gasteiger partial charge in [-0.3, -0.25) is 4.79 Å². The van der Waals surface area contributed by atoms with Crippen LogP contribution in [-0.2, 0) is 4.79 Å². The van der Waals surface area contributed by atoms with Crippen molar-refractivity contribution >= 4 is 28.9 Å². The molecule has 1 amide bonds. The molecule has 1 aromatic carbocycles. The van der Waals surface area contributed by atoms with Gasteiger partial charge in [0.25, 0.3) is 0 Å². The summed E-state index contributed by atoms with van der Waals surface area (Å²) in [5.74, 6) is -0.580. The second-order valence-corrected chi connectivity index (χ2v) is 7.98. The maximum atomic E-state index is 13.1. The Morgan fingerprint density at radius 1 is 1.37 bits per heavy atom. The van der Waals surface area contributed by atoms with Gasteiger partial charge in [-0.05, 0) is 55.7 Å². The Hall–Kier alpha value is -1.96. The van der Waals surface area contributed by atoms with Crippen molar-refractivity contribution in [2.75, 3.05) is 18.5 Å². The van der Waals surface area contributed by atoms with Crippen molar-refractivity contribution in [2.45, 2.75) is 44.6 Å². The normalized spacial score (nSPS) is 29.9. The van der Waals surface area contributed by atoms with Gasteiger partial charge in [-0.15, -0.1) is 6.58 Å². The van der Waals surface area contributed by atoms with Crippen LogP contribution in [-0.4, -0.2) is 64.0 Å². The lowest BCUT2D eigenvalue weighted by Crippen LogP contribution is -2.61. The first-order valence-electron chi connectivity index (χ1n) is 9.14. The average molecular weight is 390 g/mol.